The zero-order valence-electron chi connectivity index (χ0n) is 20.3. The van der Waals surface area contributed by atoms with Crippen molar-refractivity contribution in [1.29, 1.82) is 0 Å². The van der Waals surface area contributed by atoms with Crippen LogP contribution in [0.25, 0.3) is 0 Å². The molecule has 0 saturated carbocycles. The number of hydrogen-bond acceptors (Lipinski definition) is 5. The maximum Gasteiger partial charge on any atom is 0.269 e. The average molecular weight is 554 g/mol. The van der Waals surface area contributed by atoms with Crippen LogP contribution in [0.15, 0.2) is 47.4 Å². The van der Waals surface area contributed by atoms with Crippen LogP contribution >= 0.6 is 23.2 Å². The first-order valence-electron chi connectivity index (χ1n) is 11.7. The summed E-state index contributed by atoms with van der Waals surface area (Å²) in [5.74, 6) is -1.44. The topological polar surface area (TPSA) is 104 Å². The van der Waals surface area contributed by atoms with E-state index in [4.69, 9.17) is 23.2 Å². The Labute approximate surface area is 221 Å². The number of hydrogen-bond donors (Lipinski definition) is 1. The van der Waals surface area contributed by atoms with Gasteiger partial charge in [0.15, 0.2) is 0 Å². The zero-order valence-corrected chi connectivity index (χ0v) is 22.7. The van der Waals surface area contributed by atoms with Gasteiger partial charge in [0.2, 0.25) is 11.8 Å². The van der Waals surface area contributed by atoms with Crippen molar-refractivity contribution in [2.75, 3.05) is 6.54 Å². The summed E-state index contributed by atoms with van der Waals surface area (Å²) in [5, 5.41) is 3.58. The van der Waals surface area contributed by atoms with Crippen LogP contribution in [-0.2, 0) is 26.2 Å². The quantitative estimate of drug-likeness (QED) is 0.473. The van der Waals surface area contributed by atoms with Gasteiger partial charge in [-0.3, -0.25) is 14.4 Å². The molecule has 2 aromatic rings. The van der Waals surface area contributed by atoms with E-state index in [1.54, 1.807) is 37.3 Å². The molecule has 0 saturated heterocycles. The molecule has 2 aromatic carbocycles. The van der Waals surface area contributed by atoms with Gasteiger partial charge in [-0.2, -0.15) is 0 Å². The van der Waals surface area contributed by atoms with Crippen molar-refractivity contribution in [1.82, 2.24) is 14.5 Å². The summed E-state index contributed by atoms with van der Waals surface area (Å²) in [6.07, 6.45) is 0.771. The number of rotatable bonds is 10. The minimum Gasteiger partial charge on any atom is -0.352 e. The number of amides is 3. The van der Waals surface area contributed by atoms with Crippen LogP contribution in [0.5, 0.6) is 0 Å². The molecule has 0 aliphatic carbocycles. The monoisotopic (exact) mass is 553 g/mol. The second-order valence-corrected chi connectivity index (χ2v) is 11.3. The number of sulfonamides is 1. The normalized spacial score (nSPS) is 15.8. The van der Waals surface area contributed by atoms with Gasteiger partial charge >= 0.3 is 0 Å². The third-order valence-corrected chi connectivity index (χ3v) is 8.74. The summed E-state index contributed by atoms with van der Waals surface area (Å²) in [6, 6.07) is 9.99. The second kappa shape index (κ2) is 11.6. The molecule has 1 N–H and O–H groups in total. The Morgan fingerprint density at radius 1 is 1.06 bits per heavy atom. The molecule has 0 aromatic heterocycles. The lowest BCUT2D eigenvalue weighted by Gasteiger charge is -2.32. The molecular formula is C25H29Cl2N3O5S. The third-order valence-electron chi connectivity index (χ3n) is 6.16. The fraction of sp³-hybridized carbons (Fsp3) is 0.400. The maximum atomic E-state index is 13.5. The van der Waals surface area contributed by atoms with Crippen molar-refractivity contribution < 1.29 is 22.8 Å². The van der Waals surface area contributed by atoms with E-state index < -0.39 is 27.9 Å². The van der Waals surface area contributed by atoms with Crippen molar-refractivity contribution in [3.63, 3.8) is 0 Å². The molecule has 8 nitrogen and oxygen atoms in total. The van der Waals surface area contributed by atoms with Gasteiger partial charge in [-0.15, -0.1) is 0 Å². The van der Waals surface area contributed by atoms with Gasteiger partial charge < -0.3 is 10.2 Å². The van der Waals surface area contributed by atoms with E-state index in [-0.39, 0.29) is 41.9 Å². The Hall–Kier alpha value is -2.62. The van der Waals surface area contributed by atoms with Gasteiger partial charge in [-0.1, -0.05) is 55.2 Å². The molecule has 0 radical (unpaired) electrons. The lowest BCUT2D eigenvalue weighted by atomic mass is 10.1. The molecule has 194 valence electrons. The van der Waals surface area contributed by atoms with E-state index in [2.05, 4.69) is 5.32 Å². The lowest BCUT2D eigenvalue weighted by molar-refractivity contribution is -0.141. The summed E-state index contributed by atoms with van der Waals surface area (Å²) in [6.45, 7) is 5.33. The van der Waals surface area contributed by atoms with Crippen LogP contribution in [0.3, 0.4) is 0 Å². The number of fused-ring (bicyclic) bond motifs is 1. The number of carbonyl (C=O) groups excluding carboxylic acids is 3. The van der Waals surface area contributed by atoms with E-state index in [1.807, 2.05) is 13.8 Å². The lowest BCUT2D eigenvalue weighted by Crippen LogP contribution is -2.51. The summed E-state index contributed by atoms with van der Waals surface area (Å²) in [7, 11) is -4.05. The molecule has 0 spiro atoms. The van der Waals surface area contributed by atoms with Gasteiger partial charge in [0.1, 0.15) is 10.9 Å². The van der Waals surface area contributed by atoms with Crippen molar-refractivity contribution in [2.24, 2.45) is 0 Å². The van der Waals surface area contributed by atoms with Crippen molar-refractivity contribution in [3.8, 4) is 0 Å². The molecule has 0 unspecified atom stereocenters. The number of nitrogens with zero attached hydrogens (tertiary/aromatic N) is 2. The van der Waals surface area contributed by atoms with Crippen LogP contribution in [0, 0.1) is 0 Å². The molecule has 11 heteroatoms. The summed E-state index contributed by atoms with van der Waals surface area (Å²) in [5.41, 5.74) is 0.738. The number of halogens is 2. The molecule has 36 heavy (non-hydrogen) atoms. The first-order valence-corrected chi connectivity index (χ1v) is 13.9. The van der Waals surface area contributed by atoms with Crippen LogP contribution < -0.4 is 5.32 Å². The predicted octanol–water partition coefficient (Wildman–Crippen LogP) is 4.25. The third kappa shape index (κ3) is 5.85. The predicted molar refractivity (Wildman–Crippen MR) is 138 cm³/mol. The first kappa shape index (κ1) is 28.0. The minimum atomic E-state index is -4.05. The average Bonchev–Trinajstić information content (AvgIpc) is 3.04. The number of benzene rings is 2. The zero-order chi connectivity index (χ0) is 26.6. The molecule has 0 fully saturated rings. The Balaban J connectivity index is 1.85. The van der Waals surface area contributed by atoms with Gasteiger partial charge in [0, 0.05) is 25.6 Å². The highest BCUT2D eigenvalue weighted by Crippen LogP contribution is 2.30. The second-order valence-electron chi connectivity index (χ2n) is 8.64. The molecular weight excluding hydrogens is 525 g/mol. The van der Waals surface area contributed by atoms with E-state index in [0.29, 0.717) is 26.3 Å². The largest absolute Gasteiger partial charge is 0.352 e. The highest BCUT2D eigenvalue weighted by molar-refractivity contribution is 7.90. The highest BCUT2D eigenvalue weighted by atomic mass is 35.5. The van der Waals surface area contributed by atoms with E-state index >= 15 is 0 Å². The minimum absolute atomic E-state index is 0.0586. The van der Waals surface area contributed by atoms with E-state index in [1.165, 1.54) is 17.0 Å². The molecule has 3 rings (SSSR count). The Bertz CT molecular complexity index is 1270. The van der Waals surface area contributed by atoms with Crippen LogP contribution in [-0.4, -0.2) is 54.0 Å². The summed E-state index contributed by atoms with van der Waals surface area (Å²) < 4.78 is 26.5. The van der Waals surface area contributed by atoms with E-state index in [9.17, 15) is 22.8 Å². The van der Waals surface area contributed by atoms with Gasteiger partial charge in [0.05, 0.1) is 15.6 Å². The highest BCUT2D eigenvalue weighted by Gasteiger charge is 2.41. The van der Waals surface area contributed by atoms with Crippen molar-refractivity contribution in [3.05, 3.63) is 63.6 Å². The SMILES string of the molecule is CC[C@@H](C)NC(=O)[C@@H](CC)N(Cc1ccc(Cl)c(Cl)c1)C(=O)CCN1C(=O)c2ccccc2S1(=O)=O. The van der Waals surface area contributed by atoms with Crippen LogP contribution in [0.1, 0.15) is 56.0 Å². The van der Waals surface area contributed by atoms with Gasteiger partial charge in [-0.05, 0) is 49.6 Å². The molecule has 3 amide bonds. The van der Waals surface area contributed by atoms with Gasteiger partial charge in [-0.25, -0.2) is 12.7 Å². The smallest absolute Gasteiger partial charge is 0.269 e. The summed E-state index contributed by atoms with van der Waals surface area (Å²) >= 11 is 12.2. The van der Waals surface area contributed by atoms with Crippen molar-refractivity contribution >= 4 is 50.9 Å². The Kier molecular flexibility index (Phi) is 9.03. The first-order chi connectivity index (χ1) is 17.0. The fourth-order valence-corrected chi connectivity index (χ4v) is 5.88. The maximum absolute atomic E-state index is 13.5. The fourth-order valence-electron chi connectivity index (χ4n) is 3.99. The standard InChI is InChI=1S/C25H29Cl2N3O5S/c1-4-16(3)28-24(32)21(5-2)29(15-17-10-11-19(26)20(27)14-17)23(31)12-13-30-25(33)18-8-6-7-9-22(18)36(30,34)35/h6-11,14,16,21H,4-5,12-13,15H2,1-3H3,(H,28,32)/t16-,21-/m1/s1. The molecule has 2 atom stereocenters. The molecule has 1 heterocycles. The number of carbonyl (C=O) groups is 3. The van der Waals surface area contributed by atoms with E-state index in [0.717, 1.165) is 6.42 Å². The van der Waals surface area contributed by atoms with Crippen LogP contribution in [0.4, 0.5) is 0 Å². The Morgan fingerprint density at radius 2 is 1.75 bits per heavy atom. The van der Waals surface area contributed by atoms with Crippen LogP contribution in [0.2, 0.25) is 10.0 Å². The summed E-state index contributed by atoms with van der Waals surface area (Å²) in [4.78, 5) is 40.6. The molecule has 1 aliphatic rings. The van der Waals surface area contributed by atoms with Crippen molar-refractivity contribution in [2.45, 2.75) is 63.6 Å². The molecule has 0 bridgehead atoms. The number of nitrogens with one attached hydrogen (secondary N) is 1. The van der Waals surface area contributed by atoms with Gasteiger partial charge in [0.25, 0.3) is 15.9 Å². The Morgan fingerprint density at radius 3 is 2.36 bits per heavy atom. The molecule has 1 aliphatic heterocycles.